The maximum Gasteiger partial charge on any atom is 0.337 e. The molecule has 204 valence electrons. The van der Waals surface area contributed by atoms with E-state index >= 15 is 0 Å². The van der Waals surface area contributed by atoms with Crippen LogP contribution in [0.15, 0.2) is 78.9 Å². The summed E-state index contributed by atoms with van der Waals surface area (Å²) in [4.78, 5) is 40.0. The second-order valence-electron chi connectivity index (χ2n) is 10.6. The third-order valence-corrected chi connectivity index (χ3v) is 8.30. The molecule has 6 heteroatoms. The fourth-order valence-corrected chi connectivity index (χ4v) is 5.96. The van der Waals surface area contributed by atoms with Gasteiger partial charge in [0.05, 0.1) is 23.8 Å². The first kappa shape index (κ1) is 27.1. The number of esters is 1. The lowest BCUT2D eigenvalue weighted by molar-refractivity contribution is -0.131. The van der Waals surface area contributed by atoms with Crippen molar-refractivity contribution in [3.05, 3.63) is 101 Å². The Morgan fingerprint density at radius 3 is 2.23 bits per heavy atom. The van der Waals surface area contributed by atoms with Gasteiger partial charge in [-0.1, -0.05) is 54.1 Å². The smallest absolute Gasteiger partial charge is 0.337 e. The molecule has 0 atom stereocenters. The van der Waals surface area contributed by atoms with Crippen LogP contribution in [0.1, 0.15) is 46.8 Å². The minimum absolute atomic E-state index is 0.0677. The topological polar surface area (TPSA) is 68.6 Å². The van der Waals surface area contributed by atoms with Gasteiger partial charge in [-0.25, -0.2) is 4.79 Å². The Balaban J connectivity index is 1.45. The minimum atomic E-state index is -0.543. The highest BCUT2D eigenvalue weighted by molar-refractivity contribution is 6.02. The number of hydrogen-bond donors (Lipinski definition) is 0. The number of amides is 1. The van der Waals surface area contributed by atoms with E-state index in [1.54, 1.807) is 25.1 Å². The quantitative estimate of drug-likeness (QED) is 0.221. The maximum atomic E-state index is 13.4. The minimum Gasteiger partial charge on any atom is -0.465 e. The highest BCUT2D eigenvalue weighted by Crippen LogP contribution is 2.37. The molecule has 5 rings (SSSR count). The monoisotopic (exact) mass is 534 g/mol. The van der Waals surface area contributed by atoms with Gasteiger partial charge in [0.1, 0.15) is 5.78 Å². The van der Waals surface area contributed by atoms with E-state index in [2.05, 4.69) is 29.7 Å². The predicted molar refractivity (Wildman–Crippen MR) is 158 cm³/mol. The second-order valence-corrected chi connectivity index (χ2v) is 10.6. The summed E-state index contributed by atoms with van der Waals surface area (Å²) in [5.41, 5.74) is 5.98. The largest absolute Gasteiger partial charge is 0.465 e. The van der Waals surface area contributed by atoms with Crippen LogP contribution in [-0.2, 0) is 26.8 Å². The molecule has 1 fully saturated rings. The number of ether oxygens (including phenoxy) is 1. The van der Waals surface area contributed by atoms with E-state index < -0.39 is 5.41 Å². The summed E-state index contributed by atoms with van der Waals surface area (Å²) >= 11 is 0. The van der Waals surface area contributed by atoms with Gasteiger partial charge in [-0.15, -0.1) is 0 Å². The van der Waals surface area contributed by atoms with Gasteiger partial charge < -0.3 is 14.2 Å². The fraction of sp³-hybridized carbons (Fsp3) is 0.265. The molecule has 2 heterocycles. The summed E-state index contributed by atoms with van der Waals surface area (Å²) in [6.45, 7) is 4.76. The number of rotatable bonds is 6. The summed E-state index contributed by atoms with van der Waals surface area (Å²) in [5, 5.41) is 1.05. The Morgan fingerprint density at radius 2 is 1.60 bits per heavy atom. The number of benzene rings is 3. The lowest BCUT2D eigenvalue weighted by Gasteiger charge is -2.40. The molecule has 6 nitrogen and oxygen atoms in total. The number of ketones is 1. The van der Waals surface area contributed by atoms with E-state index in [-0.39, 0.29) is 17.7 Å². The van der Waals surface area contributed by atoms with Crippen LogP contribution < -0.4 is 0 Å². The molecule has 0 aliphatic carbocycles. The molecule has 0 N–H and O–H groups in total. The van der Waals surface area contributed by atoms with Crippen LogP contribution in [0.5, 0.6) is 0 Å². The van der Waals surface area contributed by atoms with Crippen molar-refractivity contribution in [1.82, 2.24) is 9.47 Å². The first-order valence-electron chi connectivity index (χ1n) is 13.6. The van der Waals surface area contributed by atoms with Crippen molar-refractivity contribution in [3.63, 3.8) is 0 Å². The van der Waals surface area contributed by atoms with Crippen LogP contribution in [-0.4, -0.2) is 47.3 Å². The predicted octanol–water partition coefficient (Wildman–Crippen LogP) is 6.10. The molecule has 3 aromatic carbocycles. The number of hydrogen-bond acceptors (Lipinski definition) is 4. The van der Waals surface area contributed by atoms with Gasteiger partial charge in [-0.2, -0.15) is 0 Å². The third kappa shape index (κ3) is 4.86. The van der Waals surface area contributed by atoms with E-state index in [0.717, 1.165) is 38.9 Å². The molecule has 1 amide bonds. The van der Waals surface area contributed by atoms with Crippen LogP contribution >= 0.6 is 0 Å². The molecule has 1 aliphatic heterocycles. The molecule has 0 bridgehead atoms. The third-order valence-electron chi connectivity index (χ3n) is 8.30. The number of Topliss-reactive ketones (excluding diaryl/α,β-unsaturated/α-hetero) is 1. The van der Waals surface area contributed by atoms with Gasteiger partial charge in [0.2, 0.25) is 5.91 Å². The summed E-state index contributed by atoms with van der Waals surface area (Å²) in [7, 11) is 3.38. The molecule has 1 aromatic heterocycles. The van der Waals surface area contributed by atoms with Crippen LogP contribution in [0, 0.1) is 6.92 Å². The van der Waals surface area contributed by atoms with Crippen molar-refractivity contribution in [2.45, 2.75) is 32.1 Å². The highest BCUT2D eigenvalue weighted by Gasteiger charge is 2.41. The average Bonchev–Trinajstić information content (AvgIpc) is 3.26. The molecule has 4 aromatic rings. The van der Waals surface area contributed by atoms with Crippen molar-refractivity contribution < 1.29 is 19.1 Å². The maximum absolute atomic E-state index is 13.4. The second kappa shape index (κ2) is 11.0. The Morgan fingerprint density at radius 1 is 0.925 bits per heavy atom. The average molecular weight is 535 g/mol. The molecule has 1 saturated heterocycles. The van der Waals surface area contributed by atoms with Crippen molar-refractivity contribution in [2.75, 3.05) is 20.2 Å². The van der Waals surface area contributed by atoms with Crippen molar-refractivity contribution in [3.8, 4) is 11.3 Å². The lowest BCUT2D eigenvalue weighted by Crippen LogP contribution is -2.48. The van der Waals surface area contributed by atoms with E-state index in [1.165, 1.54) is 7.11 Å². The molecule has 0 spiro atoms. The fourth-order valence-electron chi connectivity index (χ4n) is 5.96. The number of carbonyl (C=O) groups is 3. The zero-order chi connectivity index (χ0) is 28.4. The summed E-state index contributed by atoms with van der Waals surface area (Å²) in [6, 6.07) is 23.5. The number of nitrogens with zero attached hydrogens (tertiary/aromatic N) is 2. The molecule has 0 radical (unpaired) electrons. The van der Waals surface area contributed by atoms with E-state index in [0.29, 0.717) is 31.5 Å². The van der Waals surface area contributed by atoms with Crippen molar-refractivity contribution in [1.29, 1.82) is 0 Å². The number of methoxy groups -OCH3 is 1. The summed E-state index contributed by atoms with van der Waals surface area (Å²) < 4.78 is 6.97. The SMILES string of the molecule is COC(=O)c1ccc(-c2c(/C=C/C(=O)N3CCC(C(C)=O)(c4ccccc4)CC3)c3cc(C)ccc3n2C)cc1. The van der Waals surface area contributed by atoms with Crippen LogP contribution in [0.2, 0.25) is 0 Å². The zero-order valence-corrected chi connectivity index (χ0v) is 23.4. The molecule has 40 heavy (non-hydrogen) atoms. The van der Waals surface area contributed by atoms with E-state index in [4.69, 9.17) is 4.74 Å². The van der Waals surface area contributed by atoms with Gasteiger partial charge in [-0.05, 0) is 68.2 Å². The van der Waals surface area contributed by atoms with Gasteiger partial charge in [0.25, 0.3) is 0 Å². The normalized spacial score (nSPS) is 14.9. The highest BCUT2D eigenvalue weighted by atomic mass is 16.5. The van der Waals surface area contributed by atoms with E-state index in [9.17, 15) is 14.4 Å². The Kier molecular flexibility index (Phi) is 7.44. The molecule has 1 aliphatic rings. The Bertz CT molecular complexity index is 1610. The van der Waals surface area contributed by atoms with Crippen LogP contribution in [0.4, 0.5) is 0 Å². The van der Waals surface area contributed by atoms with Crippen molar-refractivity contribution >= 4 is 34.6 Å². The molecule has 0 unspecified atom stereocenters. The number of carbonyl (C=O) groups excluding carboxylic acids is 3. The Hall–Kier alpha value is -4.45. The lowest BCUT2D eigenvalue weighted by atomic mass is 9.70. The van der Waals surface area contributed by atoms with Crippen LogP contribution in [0.3, 0.4) is 0 Å². The van der Waals surface area contributed by atoms with Gasteiger partial charge >= 0.3 is 5.97 Å². The first-order valence-corrected chi connectivity index (χ1v) is 13.6. The Labute approximate surface area is 234 Å². The molecular formula is C34H34N2O4. The number of aryl methyl sites for hydroxylation is 2. The zero-order valence-electron chi connectivity index (χ0n) is 23.4. The number of fused-ring (bicyclic) bond motifs is 1. The van der Waals surface area contributed by atoms with Gasteiger partial charge in [0.15, 0.2) is 0 Å². The number of piperidine rings is 1. The standard InChI is InChI=1S/C34H34N2O4/c1-23-10-16-30-29(22-23)28(32(35(30)3)25-11-13-26(14-12-25)33(39)40-4)15-17-31(38)36-20-18-34(19-21-36,24(2)37)27-8-6-5-7-9-27/h5-17,22H,18-21H2,1-4H3/b17-15+. The first-order chi connectivity index (χ1) is 19.2. The van der Waals surface area contributed by atoms with Crippen molar-refractivity contribution in [2.24, 2.45) is 7.05 Å². The summed E-state index contributed by atoms with van der Waals surface area (Å²) in [6.07, 6.45) is 4.76. The van der Waals surface area contributed by atoms with E-state index in [1.807, 2.05) is 60.5 Å². The number of likely N-dealkylation sites (tertiary alicyclic amines) is 1. The molecule has 0 saturated carbocycles. The molecular weight excluding hydrogens is 500 g/mol. The number of aromatic nitrogens is 1. The van der Waals surface area contributed by atoms with Gasteiger partial charge in [0, 0.05) is 42.7 Å². The van der Waals surface area contributed by atoms with Crippen LogP contribution in [0.25, 0.3) is 28.2 Å². The summed E-state index contributed by atoms with van der Waals surface area (Å²) in [5.74, 6) is -0.301. The van der Waals surface area contributed by atoms with Gasteiger partial charge in [-0.3, -0.25) is 9.59 Å².